The maximum absolute atomic E-state index is 12.1. The number of nitrogens with one attached hydrogen (secondary N) is 2. The van der Waals surface area contributed by atoms with Gasteiger partial charge in [0.05, 0.1) is 12.7 Å². The topological polar surface area (TPSA) is 76.1 Å². The highest BCUT2D eigenvalue weighted by molar-refractivity contribution is 5.93. The van der Waals surface area contributed by atoms with E-state index in [4.69, 9.17) is 4.74 Å². The number of carbonyl (C=O) groups is 1. The number of amides is 1. The lowest BCUT2D eigenvalue weighted by atomic mass is 10.1. The second-order valence-corrected chi connectivity index (χ2v) is 5.79. The molecule has 0 atom stereocenters. The Kier molecular flexibility index (Phi) is 7.69. The molecule has 0 radical (unpaired) electrons. The molecule has 0 bridgehead atoms. The zero-order valence-corrected chi connectivity index (χ0v) is 14.9. The first-order chi connectivity index (χ1) is 12.2. The van der Waals surface area contributed by atoms with Gasteiger partial charge >= 0.3 is 0 Å². The van der Waals surface area contributed by atoms with Gasteiger partial charge in [-0.2, -0.15) is 0 Å². The number of aromatic nitrogens is 2. The molecule has 0 spiro atoms. The summed E-state index contributed by atoms with van der Waals surface area (Å²) >= 11 is 0. The van der Waals surface area contributed by atoms with Crippen molar-refractivity contribution in [1.29, 1.82) is 0 Å². The third-order valence-corrected chi connectivity index (χ3v) is 3.81. The van der Waals surface area contributed by atoms with Gasteiger partial charge in [-0.1, -0.05) is 31.9 Å². The van der Waals surface area contributed by atoms with Gasteiger partial charge in [0.25, 0.3) is 5.91 Å². The Balaban J connectivity index is 1.76. The SMILES string of the molecule is CCCCCNc1ncc(C(=O)NCCc2cccc(OC)c2)cn1. The Bertz CT molecular complexity index is 659. The summed E-state index contributed by atoms with van der Waals surface area (Å²) in [6.07, 6.45) is 7.29. The molecule has 6 nitrogen and oxygen atoms in total. The van der Waals surface area contributed by atoms with Gasteiger partial charge in [-0.25, -0.2) is 9.97 Å². The molecule has 0 fully saturated rings. The highest BCUT2D eigenvalue weighted by Crippen LogP contribution is 2.12. The lowest BCUT2D eigenvalue weighted by Gasteiger charge is -2.07. The number of methoxy groups -OCH3 is 1. The monoisotopic (exact) mass is 342 g/mol. The predicted molar refractivity (Wildman–Crippen MR) is 99.1 cm³/mol. The minimum Gasteiger partial charge on any atom is -0.497 e. The Hall–Kier alpha value is -2.63. The molecular weight excluding hydrogens is 316 g/mol. The van der Waals surface area contributed by atoms with Crippen LogP contribution < -0.4 is 15.4 Å². The number of anilines is 1. The van der Waals surface area contributed by atoms with E-state index < -0.39 is 0 Å². The number of benzene rings is 1. The van der Waals surface area contributed by atoms with Crippen LogP contribution in [0, 0.1) is 0 Å². The summed E-state index contributed by atoms with van der Waals surface area (Å²) in [5, 5.41) is 6.04. The highest BCUT2D eigenvalue weighted by atomic mass is 16.5. The fourth-order valence-electron chi connectivity index (χ4n) is 2.36. The lowest BCUT2D eigenvalue weighted by Crippen LogP contribution is -2.26. The Morgan fingerprint density at radius 1 is 1.16 bits per heavy atom. The van der Waals surface area contributed by atoms with Gasteiger partial charge in [-0.3, -0.25) is 4.79 Å². The number of nitrogens with zero attached hydrogens (tertiary/aromatic N) is 2. The van der Waals surface area contributed by atoms with Crippen molar-refractivity contribution in [3.8, 4) is 5.75 Å². The number of unbranched alkanes of at least 4 members (excludes halogenated alkanes) is 2. The maximum Gasteiger partial charge on any atom is 0.254 e. The van der Waals surface area contributed by atoms with Crippen molar-refractivity contribution >= 4 is 11.9 Å². The van der Waals surface area contributed by atoms with Gasteiger partial charge in [0, 0.05) is 25.5 Å². The average Bonchev–Trinajstić information content (AvgIpc) is 2.66. The molecular formula is C19H26N4O2. The van der Waals surface area contributed by atoms with Crippen molar-refractivity contribution in [2.45, 2.75) is 32.6 Å². The second-order valence-electron chi connectivity index (χ2n) is 5.79. The molecule has 0 unspecified atom stereocenters. The van der Waals surface area contributed by atoms with Crippen LogP contribution in [0.2, 0.25) is 0 Å². The van der Waals surface area contributed by atoms with Crippen LogP contribution in [0.5, 0.6) is 5.75 Å². The quantitative estimate of drug-likeness (QED) is 0.649. The zero-order valence-electron chi connectivity index (χ0n) is 14.9. The smallest absolute Gasteiger partial charge is 0.254 e. The van der Waals surface area contributed by atoms with E-state index in [1.165, 1.54) is 12.8 Å². The van der Waals surface area contributed by atoms with Crippen molar-refractivity contribution in [1.82, 2.24) is 15.3 Å². The van der Waals surface area contributed by atoms with Gasteiger partial charge in [-0.15, -0.1) is 0 Å². The van der Waals surface area contributed by atoms with Crippen LogP contribution in [-0.4, -0.2) is 36.1 Å². The molecule has 0 saturated heterocycles. The molecule has 2 N–H and O–H groups in total. The first-order valence-corrected chi connectivity index (χ1v) is 8.70. The van der Waals surface area contributed by atoms with Crippen LogP contribution in [0.25, 0.3) is 0 Å². The molecule has 25 heavy (non-hydrogen) atoms. The van der Waals surface area contributed by atoms with E-state index in [0.29, 0.717) is 18.1 Å². The molecule has 1 heterocycles. The van der Waals surface area contributed by atoms with E-state index in [0.717, 1.165) is 30.7 Å². The summed E-state index contributed by atoms with van der Waals surface area (Å²) in [5.74, 6) is 1.21. The van der Waals surface area contributed by atoms with Crippen LogP contribution >= 0.6 is 0 Å². The molecule has 1 amide bonds. The van der Waals surface area contributed by atoms with Gasteiger partial charge in [-0.05, 0) is 30.5 Å². The number of rotatable bonds is 10. The first-order valence-electron chi connectivity index (χ1n) is 8.70. The summed E-state index contributed by atoms with van der Waals surface area (Å²) in [5.41, 5.74) is 1.58. The van der Waals surface area contributed by atoms with E-state index in [-0.39, 0.29) is 5.91 Å². The van der Waals surface area contributed by atoms with Crippen LogP contribution in [-0.2, 0) is 6.42 Å². The van der Waals surface area contributed by atoms with E-state index in [9.17, 15) is 4.79 Å². The Morgan fingerprint density at radius 2 is 1.96 bits per heavy atom. The van der Waals surface area contributed by atoms with E-state index in [1.807, 2.05) is 24.3 Å². The molecule has 0 aliphatic rings. The molecule has 0 aliphatic heterocycles. The molecule has 2 rings (SSSR count). The Morgan fingerprint density at radius 3 is 2.68 bits per heavy atom. The van der Waals surface area contributed by atoms with E-state index >= 15 is 0 Å². The summed E-state index contributed by atoms with van der Waals surface area (Å²) in [6, 6.07) is 7.82. The normalized spacial score (nSPS) is 10.3. The van der Waals surface area contributed by atoms with Crippen LogP contribution in [0.4, 0.5) is 5.95 Å². The largest absolute Gasteiger partial charge is 0.497 e. The highest BCUT2D eigenvalue weighted by Gasteiger charge is 2.07. The van der Waals surface area contributed by atoms with Gasteiger partial charge in [0.15, 0.2) is 0 Å². The molecule has 134 valence electrons. The van der Waals surface area contributed by atoms with Crippen molar-refractivity contribution in [3.63, 3.8) is 0 Å². The number of hydrogen-bond acceptors (Lipinski definition) is 5. The van der Waals surface area contributed by atoms with Crippen LogP contribution in [0.3, 0.4) is 0 Å². The fraction of sp³-hybridized carbons (Fsp3) is 0.421. The minimum absolute atomic E-state index is 0.166. The minimum atomic E-state index is -0.166. The van der Waals surface area contributed by atoms with Crippen molar-refractivity contribution < 1.29 is 9.53 Å². The van der Waals surface area contributed by atoms with Crippen molar-refractivity contribution in [3.05, 3.63) is 47.8 Å². The van der Waals surface area contributed by atoms with Crippen molar-refractivity contribution in [2.75, 3.05) is 25.5 Å². The second kappa shape index (κ2) is 10.3. The number of ether oxygens (including phenoxy) is 1. The zero-order chi connectivity index (χ0) is 17.9. The summed E-state index contributed by atoms with van der Waals surface area (Å²) in [7, 11) is 1.64. The first kappa shape index (κ1) is 18.7. The molecule has 6 heteroatoms. The van der Waals surface area contributed by atoms with Gasteiger partial charge < -0.3 is 15.4 Å². The molecule has 0 aliphatic carbocycles. The maximum atomic E-state index is 12.1. The fourth-order valence-corrected chi connectivity index (χ4v) is 2.36. The lowest BCUT2D eigenvalue weighted by molar-refractivity contribution is 0.0953. The predicted octanol–water partition coefficient (Wildman–Crippen LogP) is 3.06. The van der Waals surface area contributed by atoms with Crippen LogP contribution in [0.15, 0.2) is 36.7 Å². The van der Waals surface area contributed by atoms with Gasteiger partial charge in [0.2, 0.25) is 5.95 Å². The molecule has 1 aromatic carbocycles. The Labute approximate surface area is 149 Å². The number of hydrogen-bond donors (Lipinski definition) is 2. The summed E-state index contributed by atoms with van der Waals surface area (Å²) < 4.78 is 5.19. The van der Waals surface area contributed by atoms with E-state index in [1.54, 1.807) is 19.5 Å². The standard InChI is InChI=1S/C19H26N4O2/c1-3-4-5-10-21-19-22-13-16(14-23-19)18(24)20-11-9-15-7-6-8-17(12-15)25-2/h6-8,12-14H,3-5,9-11H2,1-2H3,(H,20,24)(H,21,22,23). The summed E-state index contributed by atoms with van der Waals surface area (Å²) in [6.45, 7) is 3.56. The van der Waals surface area contributed by atoms with Crippen LogP contribution in [0.1, 0.15) is 42.1 Å². The number of carbonyl (C=O) groups excluding carboxylic acids is 1. The summed E-state index contributed by atoms with van der Waals surface area (Å²) in [4.78, 5) is 20.5. The third-order valence-electron chi connectivity index (χ3n) is 3.81. The third kappa shape index (κ3) is 6.41. The van der Waals surface area contributed by atoms with Gasteiger partial charge in [0.1, 0.15) is 5.75 Å². The molecule has 1 aromatic heterocycles. The van der Waals surface area contributed by atoms with Crippen molar-refractivity contribution in [2.24, 2.45) is 0 Å². The van der Waals surface area contributed by atoms with E-state index in [2.05, 4.69) is 27.5 Å². The average molecular weight is 342 g/mol. The molecule has 0 saturated carbocycles. The molecule has 2 aromatic rings.